The van der Waals surface area contributed by atoms with Crippen LogP contribution in [0.4, 0.5) is 0 Å². The minimum absolute atomic E-state index is 1.09. The van der Waals surface area contributed by atoms with Gasteiger partial charge in [0.2, 0.25) is 0 Å². The molecule has 1 aromatic heterocycles. The van der Waals surface area contributed by atoms with Crippen LogP contribution in [0.3, 0.4) is 0 Å². The highest BCUT2D eigenvalue weighted by Crippen LogP contribution is 2.17. The number of aryl methyl sites for hydroxylation is 2. The number of hydrogen-bond acceptors (Lipinski definition) is 1. The van der Waals surface area contributed by atoms with E-state index in [1.165, 1.54) is 37.2 Å². The molecule has 1 aliphatic rings. The van der Waals surface area contributed by atoms with Crippen LogP contribution in [0, 0.1) is 0 Å². The molecule has 2 heterocycles. The van der Waals surface area contributed by atoms with E-state index in [-0.39, 0.29) is 0 Å². The Morgan fingerprint density at radius 1 is 1.55 bits per heavy atom. The first-order valence-corrected chi connectivity index (χ1v) is 4.44. The third-order valence-electron chi connectivity index (χ3n) is 2.43. The zero-order valence-corrected chi connectivity index (χ0v) is 7.01. The number of imidazole rings is 1. The number of hydrogen-bond donors (Lipinski definition) is 0. The van der Waals surface area contributed by atoms with Crippen molar-refractivity contribution in [3.63, 3.8) is 0 Å². The molecular weight excluding hydrogens is 136 g/mol. The van der Waals surface area contributed by atoms with E-state index in [1.807, 2.05) is 6.33 Å². The smallest absolute Gasteiger partial charge is 0.0951 e. The summed E-state index contributed by atoms with van der Waals surface area (Å²) in [5.41, 5.74) is 2.79. The van der Waals surface area contributed by atoms with Crippen LogP contribution < -0.4 is 0 Å². The van der Waals surface area contributed by atoms with Crippen molar-refractivity contribution in [2.75, 3.05) is 0 Å². The summed E-state index contributed by atoms with van der Waals surface area (Å²) in [6.45, 7) is 3.36. The molecule has 0 unspecified atom stereocenters. The van der Waals surface area contributed by atoms with Crippen molar-refractivity contribution >= 4 is 0 Å². The van der Waals surface area contributed by atoms with Crippen molar-refractivity contribution in [1.29, 1.82) is 0 Å². The van der Waals surface area contributed by atoms with E-state index in [1.54, 1.807) is 0 Å². The molecule has 11 heavy (non-hydrogen) atoms. The van der Waals surface area contributed by atoms with Crippen molar-refractivity contribution in [1.82, 2.24) is 9.55 Å². The van der Waals surface area contributed by atoms with Crippen LogP contribution in [0.5, 0.6) is 0 Å². The number of rotatable bonds is 1. The SMILES string of the molecule is CCc1ncn2c1CCCC2. The lowest BCUT2D eigenvalue weighted by molar-refractivity contribution is 0.529. The summed E-state index contributed by atoms with van der Waals surface area (Å²) in [7, 11) is 0. The van der Waals surface area contributed by atoms with Crippen LogP contribution in [-0.4, -0.2) is 9.55 Å². The molecule has 0 aromatic carbocycles. The Bertz CT molecular complexity index is 237. The van der Waals surface area contributed by atoms with Gasteiger partial charge in [-0.1, -0.05) is 6.92 Å². The van der Waals surface area contributed by atoms with Gasteiger partial charge in [0.05, 0.1) is 12.0 Å². The second kappa shape index (κ2) is 2.68. The summed E-state index contributed by atoms with van der Waals surface area (Å²) in [5, 5.41) is 0. The molecule has 0 radical (unpaired) electrons. The molecule has 2 nitrogen and oxygen atoms in total. The lowest BCUT2D eigenvalue weighted by atomic mass is 10.1. The summed E-state index contributed by atoms with van der Waals surface area (Å²) in [6.07, 6.45) is 6.99. The molecule has 0 bridgehead atoms. The molecule has 2 rings (SSSR count). The summed E-state index contributed by atoms with van der Waals surface area (Å²) in [5.74, 6) is 0. The number of nitrogens with zero attached hydrogens (tertiary/aromatic N) is 2. The average molecular weight is 150 g/mol. The van der Waals surface area contributed by atoms with Crippen LogP contribution in [0.2, 0.25) is 0 Å². The predicted octanol–water partition coefficient (Wildman–Crippen LogP) is 1.78. The maximum absolute atomic E-state index is 4.38. The van der Waals surface area contributed by atoms with E-state index in [9.17, 15) is 0 Å². The molecule has 0 spiro atoms. The highest BCUT2D eigenvalue weighted by atomic mass is 15.1. The Morgan fingerprint density at radius 2 is 2.45 bits per heavy atom. The van der Waals surface area contributed by atoms with E-state index in [2.05, 4.69) is 16.5 Å². The van der Waals surface area contributed by atoms with Crippen molar-refractivity contribution in [2.24, 2.45) is 0 Å². The third-order valence-corrected chi connectivity index (χ3v) is 2.43. The van der Waals surface area contributed by atoms with Gasteiger partial charge in [-0.05, 0) is 25.7 Å². The topological polar surface area (TPSA) is 17.8 Å². The van der Waals surface area contributed by atoms with Crippen LogP contribution in [0.25, 0.3) is 0 Å². The summed E-state index contributed by atoms with van der Waals surface area (Å²) >= 11 is 0. The molecule has 0 saturated carbocycles. The quantitative estimate of drug-likeness (QED) is 0.596. The van der Waals surface area contributed by atoms with Crippen LogP contribution >= 0.6 is 0 Å². The number of fused-ring (bicyclic) bond motifs is 1. The molecule has 0 amide bonds. The number of aromatic nitrogens is 2. The largest absolute Gasteiger partial charge is 0.334 e. The summed E-state index contributed by atoms with van der Waals surface area (Å²) < 4.78 is 2.31. The van der Waals surface area contributed by atoms with Gasteiger partial charge in [-0.15, -0.1) is 0 Å². The average Bonchev–Trinajstić information content (AvgIpc) is 2.47. The Morgan fingerprint density at radius 3 is 3.27 bits per heavy atom. The van der Waals surface area contributed by atoms with Crippen molar-refractivity contribution in [3.05, 3.63) is 17.7 Å². The molecule has 0 atom stereocenters. The first kappa shape index (κ1) is 6.89. The van der Waals surface area contributed by atoms with E-state index >= 15 is 0 Å². The van der Waals surface area contributed by atoms with Gasteiger partial charge in [0, 0.05) is 12.2 Å². The minimum atomic E-state index is 1.09. The van der Waals surface area contributed by atoms with Crippen LogP contribution in [0.1, 0.15) is 31.2 Å². The second-order valence-corrected chi connectivity index (χ2v) is 3.14. The first-order valence-electron chi connectivity index (χ1n) is 4.44. The molecule has 0 N–H and O–H groups in total. The van der Waals surface area contributed by atoms with Gasteiger partial charge in [-0.25, -0.2) is 4.98 Å². The molecule has 2 heteroatoms. The monoisotopic (exact) mass is 150 g/mol. The van der Waals surface area contributed by atoms with Crippen molar-refractivity contribution < 1.29 is 0 Å². The molecular formula is C9H14N2. The fourth-order valence-electron chi connectivity index (χ4n) is 1.80. The maximum atomic E-state index is 4.38. The fourth-order valence-corrected chi connectivity index (χ4v) is 1.80. The first-order chi connectivity index (χ1) is 5.42. The molecule has 60 valence electrons. The molecule has 1 aromatic rings. The second-order valence-electron chi connectivity index (χ2n) is 3.14. The van der Waals surface area contributed by atoms with Gasteiger partial charge in [-0.3, -0.25) is 0 Å². The van der Waals surface area contributed by atoms with Crippen molar-refractivity contribution in [3.8, 4) is 0 Å². The maximum Gasteiger partial charge on any atom is 0.0951 e. The van der Waals surface area contributed by atoms with Crippen LogP contribution in [-0.2, 0) is 19.4 Å². The summed E-state index contributed by atoms with van der Waals surface area (Å²) in [6, 6.07) is 0. The van der Waals surface area contributed by atoms with Crippen LogP contribution in [0.15, 0.2) is 6.33 Å². The molecule has 1 aliphatic heterocycles. The van der Waals surface area contributed by atoms with E-state index < -0.39 is 0 Å². The summed E-state index contributed by atoms with van der Waals surface area (Å²) in [4.78, 5) is 4.38. The molecule has 0 saturated heterocycles. The van der Waals surface area contributed by atoms with E-state index in [4.69, 9.17) is 0 Å². The minimum Gasteiger partial charge on any atom is -0.334 e. The lowest BCUT2D eigenvalue weighted by Crippen LogP contribution is -2.09. The predicted molar refractivity (Wildman–Crippen MR) is 44.5 cm³/mol. The van der Waals surface area contributed by atoms with Gasteiger partial charge in [0.25, 0.3) is 0 Å². The van der Waals surface area contributed by atoms with Crippen molar-refractivity contribution in [2.45, 2.75) is 39.2 Å². The Kier molecular flexibility index (Phi) is 1.68. The van der Waals surface area contributed by atoms with Gasteiger partial charge in [0.15, 0.2) is 0 Å². The standard InChI is InChI=1S/C9H14N2/c1-2-8-9-5-3-4-6-11(9)7-10-8/h7H,2-6H2,1H3. The zero-order valence-electron chi connectivity index (χ0n) is 7.01. The Hall–Kier alpha value is -0.790. The zero-order chi connectivity index (χ0) is 7.68. The highest BCUT2D eigenvalue weighted by molar-refractivity contribution is 5.14. The fraction of sp³-hybridized carbons (Fsp3) is 0.667. The molecule has 0 fully saturated rings. The lowest BCUT2D eigenvalue weighted by Gasteiger charge is -2.14. The Labute approximate surface area is 67.3 Å². The highest BCUT2D eigenvalue weighted by Gasteiger charge is 2.12. The normalized spacial score (nSPS) is 16.5. The van der Waals surface area contributed by atoms with Gasteiger partial charge < -0.3 is 4.57 Å². The molecule has 0 aliphatic carbocycles. The third kappa shape index (κ3) is 1.06. The van der Waals surface area contributed by atoms with E-state index in [0.29, 0.717) is 0 Å². The Balaban J connectivity index is 2.38. The van der Waals surface area contributed by atoms with Gasteiger partial charge in [-0.2, -0.15) is 0 Å². The van der Waals surface area contributed by atoms with Gasteiger partial charge in [0.1, 0.15) is 0 Å². The van der Waals surface area contributed by atoms with E-state index in [0.717, 1.165) is 6.42 Å². The van der Waals surface area contributed by atoms with Gasteiger partial charge >= 0.3 is 0 Å².